The van der Waals surface area contributed by atoms with E-state index in [0.717, 1.165) is 0 Å². The van der Waals surface area contributed by atoms with Gasteiger partial charge >= 0.3 is 0 Å². The van der Waals surface area contributed by atoms with Crippen LogP contribution in [0, 0.1) is 0 Å². The lowest BCUT2D eigenvalue weighted by Crippen LogP contribution is -2.21. The number of nitrogens with two attached hydrogens (primary N) is 1. The molecule has 0 spiro atoms. The highest BCUT2D eigenvalue weighted by atomic mass is 16.3. The van der Waals surface area contributed by atoms with E-state index in [9.17, 15) is 5.11 Å². The van der Waals surface area contributed by atoms with Crippen LogP contribution in [0.1, 0.15) is 19.4 Å². The molecule has 4 nitrogen and oxygen atoms in total. The van der Waals surface area contributed by atoms with E-state index in [0.29, 0.717) is 11.4 Å². The van der Waals surface area contributed by atoms with Gasteiger partial charge in [-0.25, -0.2) is 10.8 Å². The number of hydrazine groups is 1. The van der Waals surface area contributed by atoms with Crippen LogP contribution in [0.15, 0.2) is 18.3 Å². The van der Waals surface area contributed by atoms with E-state index in [-0.39, 0.29) is 0 Å². The average Bonchev–Trinajstić information content (AvgIpc) is 2.03. The van der Waals surface area contributed by atoms with E-state index in [1.807, 2.05) is 0 Å². The molecule has 0 saturated carbocycles. The lowest BCUT2D eigenvalue weighted by atomic mass is 9.99. The number of nitrogen functional groups attached to an aromatic ring is 1. The van der Waals surface area contributed by atoms with E-state index in [1.165, 1.54) is 0 Å². The second-order valence-electron chi connectivity index (χ2n) is 3.10. The van der Waals surface area contributed by atoms with Crippen LogP contribution in [-0.4, -0.2) is 10.1 Å². The smallest absolute Gasteiger partial charge is 0.145 e. The van der Waals surface area contributed by atoms with E-state index in [4.69, 9.17) is 5.84 Å². The lowest BCUT2D eigenvalue weighted by Gasteiger charge is -2.19. The van der Waals surface area contributed by atoms with Gasteiger partial charge < -0.3 is 10.5 Å². The first-order valence-corrected chi connectivity index (χ1v) is 3.70. The van der Waals surface area contributed by atoms with Crippen LogP contribution in [0.3, 0.4) is 0 Å². The van der Waals surface area contributed by atoms with Crippen LogP contribution in [0.5, 0.6) is 0 Å². The van der Waals surface area contributed by atoms with E-state index >= 15 is 0 Å². The Kier molecular flexibility index (Phi) is 2.30. The van der Waals surface area contributed by atoms with Crippen molar-refractivity contribution in [1.82, 2.24) is 4.98 Å². The first-order valence-electron chi connectivity index (χ1n) is 3.70. The normalized spacial score (nSPS) is 11.3. The summed E-state index contributed by atoms with van der Waals surface area (Å²) >= 11 is 0. The van der Waals surface area contributed by atoms with Crippen molar-refractivity contribution in [3.05, 3.63) is 23.9 Å². The van der Waals surface area contributed by atoms with Gasteiger partial charge in [-0.15, -0.1) is 0 Å². The predicted molar refractivity (Wildman–Crippen MR) is 47.3 cm³/mol. The zero-order chi connectivity index (χ0) is 9.19. The second-order valence-corrected chi connectivity index (χ2v) is 3.10. The molecule has 0 fully saturated rings. The van der Waals surface area contributed by atoms with Crippen molar-refractivity contribution in [3.8, 4) is 0 Å². The molecule has 0 amide bonds. The summed E-state index contributed by atoms with van der Waals surface area (Å²) in [5.41, 5.74) is 2.20. The molecule has 12 heavy (non-hydrogen) atoms. The molecule has 0 saturated heterocycles. The van der Waals surface area contributed by atoms with E-state index in [1.54, 1.807) is 32.2 Å². The Hall–Kier alpha value is -1.13. The molecule has 1 heterocycles. The first-order chi connectivity index (χ1) is 5.55. The topological polar surface area (TPSA) is 71.2 Å². The van der Waals surface area contributed by atoms with Gasteiger partial charge in [0.2, 0.25) is 0 Å². The van der Waals surface area contributed by atoms with Crippen molar-refractivity contribution in [3.63, 3.8) is 0 Å². The molecule has 1 rings (SSSR count). The van der Waals surface area contributed by atoms with Gasteiger partial charge in [-0.1, -0.05) is 6.07 Å². The number of aliphatic hydroxyl groups is 1. The Labute approximate surface area is 71.4 Å². The number of aromatic nitrogens is 1. The molecule has 0 atom stereocenters. The molecule has 0 radical (unpaired) electrons. The molecule has 1 aromatic rings. The Morgan fingerprint density at radius 1 is 1.58 bits per heavy atom. The van der Waals surface area contributed by atoms with Gasteiger partial charge in [0.15, 0.2) is 0 Å². The molecule has 0 aliphatic heterocycles. The van der Waals surface area contributed by atoms with E-state index < -0.39 is 5.60 Å². The van der Waals surface area contributed by atoms with Crippen LogP contribution in [-0.2, 0) is 5.60 Å². The molecule has 4 heteroatoms. The quantitative estimate of drug-likeness (QED) is 0.445. The largest absolute Gasteiger partial charge is 0.386 e. The zero-order valence-electron chi connectivity index (χ0n) is 7.20. The summed E-state index contributed by atoms with van der Waals surface area (Å²) in [5.74, 6) is 5.73. The van der Waals surface area contributed by atoms with E-state index in [2.05, 4.69) is 10.4 Å². The van der Waals surface area contributed by atoms with Gasteiger partial charge in [0.25, 0.3) is 0 Å². The number of rotatable bonds is 2. The minimum atomic E-state index is -0.921. The fourth-order valence-electron chi connectivity index (χ4n) is 1.01. The predicted octanol–water partition coefficient (Wildman–Crippen LogP) is 0.595. The Balaban J connectivity index is 3.14. The van der Waals surface area contributed by atoms with Crippen molar-refractivity contribution in [1.29, 1.82) is 0 Å². The van der Waals surface area contributed by atoms with Crippen molar-refractivity contribution in [2.45, 2.75) is 19.4 Å². The molecule has 1 aromatic heterocycles. The Bertz CT molecular complexity index is 267. The van der Waals surface area contributed by atoms with Gasteiger partial charge in [-0.3, -0.25) is 0 Å². The summed E-state index contributed by atoms with van der Waals surface area (Å²) in [4.78, 5) is 3.97. The molecule has 4 N–H and O–H groups in total. The van der Waals surface area contributed by atoms with Gasteiger partial charge in [0, 0.05) is 11.8 Å². The molecule has 66 valence electrons. The van der Waals surface area contributed by atoms with Crippen LogP contribution in [0.25, 0.3) is 0 Å². The first kappa shape index (κ1) is 8.96. The minimum absolute atomic E-state index is 0.505. The summed E-state index contributed by atoms with van der Waals surface area (Å²) in [5, 5.41) is 9.67. The average molecular weight is 167 g/mol. The highest BCUT2D eigenvalue weighted by Crippen LogP contribution is 2.24. The van der Waals surface area contributed by atoms with Crippen molar-refractivity contribution < 1.29 is 5.11 Å². The fourth-order valence-corrected chi connectivity index (χ4v) is 1.01. The molecule has 0 aliphatic carbocycles. The maximum absolute atomic E-state index is 9.67. The van der Waals surface area contributed by atoms with Gasteiger partial charge in [0.05, 0.1) is 5.60 Å². The zero-order valence-corrected chi connectivity index (χ0v) is 7.20. The molecular formula is C8H13N3O. The Morgan fingerprint density at radius 2 is 2.25 bits per heavy atom. The SMILES string of the molecule is CC(C)(O)c1cccnc1NN. The maximum Gasteiger partial charge on any atom is 0.145 e. The molecule has 0 unspecified atom stereocenters. The third-order valence-corrected chi connectivity index (χ3v) is 1.60. The molecule has 0 aliphatic rings. The number of nitrogens with one attached hydrogen (secondary N) is 1. The fraction of sp³-hybridized carbons (Fsp3) is 0.375. The highest BCUT2D eigenvalue weighted by Gasteiger charge is 2.19. The van der Waals surface area contributed by atoms with Gasteiger partial charge in [0.1, 0.15) is 5.82 Å². The summed E-state index contributed by atoms with van der Waals surface area (Å²) < 4.78 is 0. The number of nitrogens with zero attached hydrogens (tertiary/aromatic N) is 1. The van der Waals surface area contributed by atoms with Crippen LogP contribution >= 0.6 is 0 Å². The van der Waals surface area contributed by atoms with Crippen molar-refractivity contribution >= 4 is 5.82 Å². The van der Waals surface area contributed by atoms with Crippen LogP contribution < -0.4 is 11.3 Å². The Morgan fingerprint density at radius 3 is 2.67 bits per heavy atom. The highest BCUT2D eigenvalue weighted by molar-refractivity contribution is 5.45. The third kappa shape index (κ3) is 1.72. The standard InChI is InChI=1S/C8H13N3O/c1-8(2,12)6-4-3-5-10-7(6)11-9/h3-5,12H,9H2,1-2H3,(H,10,11). The third-order valence-electron chi connectivity index (χ3n) is 1.60. The molecular weight excluding hydrogens is 154 g/mol. The summed E-state index contributed by atoms with van der Waals surface area (Å²) in [6, 6.07) is 3.54. The summed E-state index contributed by atoms with van der Waals surface area (Å²) in [6.45, 7) is 3.37. The molecule has 0 aromatic carbocycles. The summed E-state index contributed by atoms with van der Waals surface area (Å²) in [6.07, 6.45) is 1.62. The van der Waals surface area contributed by atoms with Crippen LogP contribution in [0.4, 0.5) is 5.82 Å². The van der Waals surface area contributed by atoms with Crippen LogP contribution in [0.2, 0.25) is 0 Å². The molecule has 0 bridgehead atoms. The maximum atomic E-state index is 9.67. The van der Waals surface area contributed by atoms with Gasteiger partial charge in [-0.05, 0) is 19.9 Å². The van der Waals surface area contributed by atoms with Crippen molar-refractivity contribution in [2.75, 3.05) is 5.43 Å². The van der Waals surface area contributed by atoms with Gasteiger partial charge in [-0.2, -0.15) is 0 Å². The number of pyridine rings is 1. The minimum Gasteiger partial charge on any atom is -0.386 e. The van der Waals surface area contributed by atoms with Crippen molar-refractivity contribution in [2.24, 2.45) is 5.84 Å². The number of hydrogen-bond donors (Lipinski definition) is 3. The number of anilines is 1. The second kappa shape index (κ2) is 3.08. The summed E-state index contributed by atoms with van der Waals surface area (Å²) in [7, 11) is 0. The lowest BCUT2D eigenvalue weighted by molar-refractivity contribution is 0.0790. The monoisotopic (exact) mass is 167 g/mol. The number of hydrogen-bond acceptors (Lipinski definition) is 4.